The van der Waals surface area contributed by atoms with Crippen LogP contribution in [0, 0.1) is 0 Å². The predicted molar refractivity (Wildman–Crippen MR) is 33.9 cm³/mol. The van der Waals surface area contributed by atoms with Crippen LogP contribution in [0.25, 0.3) is 0 Å². The van der Waals surface area contributed by atoms with Crippen molar-refractivity contribution in [2.45, 2.75) is 0 Å². The van der Waals surface area contributed by atoms with Crippen LogP contribution >= 0.6 is 0 Å². The van der Waals surface area contributed by atoms with Crippen LogP contribution in [0.5, 0.6) is 0 Å². The third kappa shape index (κ3) is 4.86. The van der Waals surface area contributed by atoms with E-state index >= 15 is 0 Å². The molecule has 0 heterocycles. The van der Waals surface area contributed by atoms with Gasteiger partial charge in [-0.3, -0.25) is 4.79 Å². The van der Waals surface area contributed by atoms with Crippen LogP contribution < -0.4 is 0 Å². The molecule has 0 aliphatic carbocycles. The molecule has 0 fully saturated rings. The predicted octanol–water partition coefficient (Wildman–Crippen LogP) is -1.10. The quantitative estimate of drug-likeness (QED) is 0.191. The normalized spacial score (nSPS) is 9.33. The molecule has 0 aromatic heterocycles. The first-order valence-corrected chi connectivity index (χ1v) is 2.68. The molecular weight excluding hydrogens is 168 g/mol. The van der Waals surface area contributed by atoms with Crippen LogP contribution in [0.2, 0.25) is 0 Å². The second-order valence-corrected chi connectivity index (χ2v) is 1.53. The Balaban J connectivity index is 3.98. The topological polar surface area (TPSA) is 97.7 Å². The molecule has 0 amide bonds. The average Bonchev–Trinajstić information content (AvgIpc) is 2.00. The lowest BCUT2D eigenvalue weighted by Gasteiger charge is -1.89. The van der Waals surface area contributed by atoms with E-state index in [2.05, 4.69) is 4.74 Å². The van der Waals surface area contributed by atoms with E-state index in [1.807, 2.05) is 0 Å². The number of carboxylic acid groups (broad SMARTS) is 1. The summed E-state index contributed by atoms with van der Waals surface area (Å²) >= 11 is 0. The molecule has 0 saturated heterocycles. The minimum Gasteiger partial charge on any atom is -0.478 e. The summed E-state index contributed by atoms with van der Waals surface area (Å²) in [5.41, 5.74) is 0. The Bertz CT molecular complexity index is 251. The van der Waals surface area contributed by atoms with Gasteiger partial charge in [0.1, 0.15) is 0 Å². The zero-order chi connectivity index (χ0) is 9.56. The summed E-state index contributed by atoms with van der Waals surface area (Å²) in [6.07, 6.45) is 0.802. The van der Waals surface area contributed by atoms with Gasteiger partial charge < -0.3 is 9.84 Å². The number of hydrogen-bond donors (Lipinski definition) is 1. The van der Waals surface area contributed by atoms with Crippen LogP contribution in [0.3, 0.4) is 0 Å². The molecular formula is C6H4O6. The number of carbonyl (C=O) groups excluding carboxylic acids is 3. The number of esters is 2. The Morgan fingerprint density at radius 2 is 1.67 bits per heavy atom. The van der Waals surface area contributed by atoms with Crippen LogP contribution in [0.1, 0.15) is 0 Å². The van der Waals surface area contributed by atoms with Crippen LogP contribution in [0.4, 0.5) is 0 Å². The van der Waals surface area contributed by atoms with Crippen molar-refractivity contribution in [3.05, 3.63) is 12.2 Å². The van der Waals surface area contributed by atoms with Crippen molar-refractivity contribution in [2.24, 2.45) is 0 Å². The Morgan fingerprint density at radius 1 is 1.08 bits per heavy atom. The summed E-state index contributed by atoms with van der Waals surface area (Å²) in [6.45, 7) is 0. The van der Waals surface area contributed by atoms with Gasteiger partial charge >= 0.3 is 17.9 Å². The molecule has 1 N–H and O–H groups in total. The van der Waals surface area contributed by atoms with Gasteiger partial charge in [-0.15, -0.1) is 0 Å². The van der Waals surface area contributed by atoms with E-state index in [0.29, 0.717) is 12.2 Å². The van der Waals surface area contributed by atoms with Gasteiger partial charge in [-0.25, -0.2) is 14.4 Å². The second-order valence-electron chi connectivity index (χ2n) is 1.53. The van der Waals surface area contributed by atoms with Gasteiger partial charge in [0.2, 0.25) is 6.29 Å². The lowest BCUT2D eigenvalue weighted by Crippen LogP contribution is -2.10. The summed E-state index contributed by atoms with van der Waals surface area (Å²) in [5.74, 6) is -3.92. The van der Waals surface area contributed by atoms with Gasteiger partial charge in [-0.2, -0.15) is 0 Å². The Kier molecular flexibility index (Phi) is 3.99. The Labute approximate surface area is 66.4 Å². The number of ether oxygens (including phenoxy) is 1. The number of carboxylic acids is 1. The standard InChI is InChI=1S/C6H4O6/c7-3-6(11)12-5(10)2-1-4(8)9/h1-3H,(H,8,9)/b2-1+. The van der Waals surface area contributed by atoms with E-state index in [0.717, 1.165) is 0 Å². The summed E-state index contributed by atoms with van der Waals surface area (Å²) in [6, 6.07) is 0. The van der Waals surface area contributed by atoms with Crippen LogP contribution in [0.15, 0.2) is 12.2 Å². The highest BCUT2D eigenvalue weighted by atomic mass is 16.6. The molecule has 64 valence electrons. The molecule has 12 heavy (non-hydrogen) atoms. The smallest absolute Gasteiger partial charge is 0.379 e. The van der Waals surface area contributed by atoms with Crippen molar-refractivity contribution >= 4 is 24.2 Å². The number of aliphatic carboxylic acids is 1. The van der Waals surface area contributed by atoms with Crippen molar-refractivity contribution in [3.63, 3.8) is 0 Å². The maximum absolute atomic E-state index is 10.4. The fraction of sp³-hybridized carbons (Fsp3) is 0. The van der Waals surface area contributed by atoms with Crippen LogP contribution in [-0.2, 0) is 23.9 Å². The zero-order valence-corrected chi connectivity index (χ0v) is 5.72. The molecule has 0 saturated carbocycles. The summed E-state index contributed by atoms with van der Waals surface area (Å²) < 4.78 is 3.75. The van der Waals surface area contributed by atoms with E-state index in [4.69, 9.17) is 5.11 Å². The van der Waals surface area contributed by atoms with Crippen molar-refractivity contribution in [1.82, 2.24) is 0 Å². The first-order valence-electron chi connectivity index (χ1n) is 2.68. The van der Waals surface area contributed by atoms with Gasteiger partial charge in [0.05, 0.1) is 0 Å². The first kappa shape index (κ1) is 10.0. The first-order chi connectivity index (χ1) is 5.56. The molecule has 0 radical (unpaired) electrons. The average molecular weight is 172 g/mol. The van der Waals surface area contributed by atoms with Gasteiger partial charge in [-0.1, -0.05) is 0 Å². The summed E-state index contributed by atoms with van der Waals surface area (Å²) in [4.78, 5) is 39.9. The Morgan fingerprint density at radius 3 is 2.08 bits per heavy atom. The van der Waals surface area contributed by atoms with Crippen molar-refractivity contribution < 1.29 is 29.0 Å². The van der Waals surface area contributed by atoms with Gasteiger partial charge in [-0.05, 0) is 0 Å². The molecule has 0 atom stereocenters. The monoisotopic (exact) mass is 172 g/mol. The highest BCUT2D eigenvalue weighted by Crippen LogP contribution is 1.81. The molecule has 0 bridgehead atoms. The largest absolute Gasteiger partial charge is 0.478 e. The number of rotatable bonds is 3. The molecule has 0 rings (SSSR count). The molecule has 0 spiro atoms. The zero-order valence-electron chi connectivity index (χ0n) is 5.72. The lowest BCUT2D eigenvalue weighted by molar-refractivity contribution is -0.158. The van der Waals surface area contributed by atoms with Gasteiger partial charge in [0.15, 0.2) is 0 Å². The van der Waals surface area contributed by atoms with E-state index in [1.165, 1.54) is 0 Å². The molecule has 0 aliphatic rings. The van der Waals surface area contributed by atoms with Crippen LogP contribution in [-0.4, -0.2) is 29.3 Å². The van der Waals surface area contributed by atoms with E-state index in [1.54, 1.807) is 0 Å². The molecule has 6 nitrogen and oxygen atoms in total. The van der Waals surface area contributed by atoms with Gasteiger partial charge in [0, 0.05) is 12.2 Å². The lowest BCUT2D eigenvalue weighted by atomic mass is 10.5. The Hall–Kier alpha value is -1.98. The van der Waals surface area contributed by atoms with Crippen molar-refractivity contribution in [2.75, 3.05) is 0 Å². The van der Waals surface area contributed by atoms with E-state index in [-0.39, 0.29) is 6.29 Å². The maximum Gasteiger partial charge on any atom is 0.379 e. The fourth-order valence-electron chi connectivity index (χ4n) is 0.297. The number of aldehydes is 1. The summed E-state index contributed by atoms with van der Waals surface area (Å²) in [5, 5.41) is 8.00. The molecule has 0 aliphatic heterocycles. The van der Waals surface area contributed by atoms with Crippen molar-refractivity contribution in [1.29, 1.82) is 0 Å². The summed E-state index contributed by atoms with van der Waals surface area (Å²) in [7, 11) is 0. The minimum absolute atomic E-state index is 0.202. The van der Waals surface area contributed by atoms with Gasteiger partial charge in [0.25, 0.3) is 0 Å². The molecule has 6 heteroatoms. The van der Waals surface area contributed by atoms with E-state index in [9.17, 15) is 19.2 Å². The van der Waals surface area contributed by atoms with E-state index < -0.39 is 17.9 Å². The molecule has 0 unspecified atom stereocenters. The van der Waals surface area contributed by atoms with Crippen molar-refractivity contribution in [3.8, 4) is 0 Å². The third-order valence-corrected chi connectivity index (χ3v) is 0.659. The molecule has 0 aromatic rings. The highest BCUT2D eigenvalue weighted by molar-refractivity contribution is 6.23. The SMILES string of the molecule is O=CC(=O)OC(=O)/C=C/C(=O)O. The fourth-order valence-corrected chi connectivity index (χ4v) is 0.297. The number of hydrogen-bond acceptors (Lipinski definition) is 5. The third-order valence-electron chi connectivity index (χ3n) is 0.659. The second kappa shape index (κ2) is 4.78. The minimum atomic E-state index is -1.37. The molecule has 0 aromatic carbocycles. The maximum atomic E-state index is 10.4. The number of carbonyl (C=O) groups is 4. The highest BCUT2D eigenvalue weighted by Gasteiger charge is 2.04.